The Bertz CT molecular complexity index is 3980. The van der Waals surface area contributed by atoms with Crippen molar-refractivity contribution in [2.45, 2.75) is 52.4 Å². The molecule has 0 amide bonds. The molecule has 358 valence electrons. The average molecular weight is 964 g/mol. The number of aromatic nitrogens is 3. The predicted molar refractivity (Wildman–Crippen MR) is 318 cm³/mol. The van der Waals surface area contributed by atoms with Crippen LogP contribution in [-0.4, -0.2) is 21.7 Å². The summed E-state index contributed by atoms with van der Waals surface area (Å²) in [6.07, 6.45) is 0. The molecule has 11 aromatic carbocycles. The smallest absolute Gasteiger partial charge is 0.252 e. The van der Waals surface area contributed by atoms with E-state index in [1.807, 2.05) is 36.4 Å². The molecule has 0 bridgehead atoms. The largest absolute Gasteiger partial charge is 0.311 e. The Kier molecular flexibility index (Phi) is 10.1. The molecule has 5 nitrogen and oxygen atoms in total. The van der Waals surface area contributed by atoms with Crippen molar-refractivity contribution in [3.63, 3.8) is 0 Å². The van der Waals surface area contributed by atoms with Crippen molar-refractivity contribution in [1.29, 1.82) is 0 Å². The van der Waals surface area contributed by atoms with Gasteiger partial charge in [0, 0.05) is 50.8 Å². The summed E-state index contributed by atoms with van der Waals surface area (Å²) >= 11 is 0. The Hall–Kier alpha value is -8.87. The van der Waals surface area contributed by atoms with E-state index in [4.69, 9.17) is 15.0 Å². The van der Waals surface area contributed by atoms with Crippen LogP contribution in [0.4, 0.5) is 34.1 Å². The van der Waals surface area contributed by atoms with Crippen molar-refractivity contribution in [3.05, 3.63) is 230 Å². The summed E-state index contributed by atoms with van der Waals surface area (Å²) < 4.78 is 0. The van der Waals surface area contributed by atoms with Crippen LogP contribution in [0.3, 0.4) is 0 Å². The fourth-order valence-corrected chi connectivity index (χ4v) is 11.8. The predicted octanol–water partition coefficient (Wildman–Crippen LogP) is 16.2. The van der Waals surface area contributed by atoms with Gasteiger partial charge < -0.3 is 9.80 Å². The molecule has 0 N–H and O–H groups in total. The molecule has 6 heteroatoms. The highest BCUT2D eigenvalue weighted by Crippen LogP contribution is 2.48. The molecule has 14 rings (SSSR count). The fourth-order valence-electron chi connectivity index (χ4n) is 11.8. The normalized spacial score (nSPS) is 13.1. The molecular formula is C69H54BN5. The first kappa shape index (κ1) is 44.8. The van der Waals surface area contributed by atoms with Crippen LogP contribution in [0.2, 0.25) is 0 Å². The molecule has 2 aliphatic heterocycles. The lowest BCUT2D eigenvalue weighted by molar-refractivity contribution is 0.590. The number of nitrogens with zero attached hydrogens (tertiary/aromatic N) is 5. The molecule has 0 radical (unpaired) electrons. The van der Waals surface area contributed by atoms with Gasteiger partial charge in [-0.25, -0.2) is 15.0 Å². The van der Waals surface area contributed by atoms with E-state index >= 15 is 0 Å². The number of anilines is 6. The molecule has 3 heterocycles. The van der Waals surface area contributed by atoms with Crippen molar-refractivity contribution < 1.29 is 0 Å². The average Bonchev–Trinajstić information content (AvgIpc) is 3.55. The van der Waals surface area contributed by atoms with E-state index in [1.54, 1.807) is 0 Å². The maximum Gasteiger partial charge on any atom is 0.252 e. The summed E-state index contributed by atoms with van der Waals surface area (Å²) in [5.41, 5.74) is 15.7. The first-order chi connectivity index (χ1) is 36.4. The lowest BCUT2D eigenvalue weighted by atomic mass is 9.33. The zero-order chi connectivity index (χ0) is 50.7. The third-order valence-electron chi connectivity index (χ3n) is 15.7. The monoisotopic (exact) mass is 963 g/mol. The second-order valence-electron chi connectivity index (χ2n) is 22.5. The van der Waals surface area contributed by atoms with Crippen LogP contribution in [0.1, 0.15) is 52.7 Å². The van der Waals surface area contributed by atoms with Gasteiger partial charge in [-0.15, -0.1) is 0 Å². The van der Waals surface area contributed by atoms with Crippen LogP contribution in [0.25, 0.3) is 77.3 Å². The molecule has 0 unspecified atom stereocenters. The number of fused-ring (bicyclic) bond motifs is 10. The molecule has 0 saturated heterocycles. The van der Waals surface area contributed by atoms with Crippen molar-refractivity contribution in [1.82, 2.24) is 15.0 Å². The van der Waals surface area contributed by atoms with Crippen LogP contribution >= 0.6 is 0 Å². The molecule has 1 aromatic heterocycles. The van der Waals surface area contributed by atoms with Crippen LogP contribution in [-0.2, 0) is 10.8 Å². The first-order valence-electron chi connectivity index (χ1n) is 26.2. The summed E-state index contributed by atoms with van der Waals surface area (Å²) in [4.78, 5) is 21.0. The molecule has 0 fully saturated rings. The third kappa shape index (κ3) is 7.41. The zero-order valence-electron chi connectivity index (χ0n) is 43.1. The van der Waals surface area contributed by atoms with E-state index < -0.39 is 0 Å². The SMILES string of the molecule is CC(C)(C)c1ccc(N2c3cc4c(ccc5ccccc54)cc3B3c4cc5ccc6ccccc6c5cc4N(c4ccc(C(C)(C)C)cc4)c4cc(-c5nc(-c6ccccc6)nc(-c6ccccc6)n5)cc2c43)cc1. The van der Waals surface area contributed by atoms with Gasteiger partial charge in [-0.05, 0) is 130 Å². The Balaban J connectivity index is 1.13. The van der Waals surface area contributed by atoms with E-state index in [2.05, 4.69) is 233 Å². The number of hydrogen-bond donors (Lipinski definition) is 0. The molecule has 0 spiro atoms. The van der Waals surface area contributed by atoms with Gasteiger partial charge in [0.25, 0.3) is 6.71 Å². The zero-order valence-corrected chi connectivity index (χ0v) is 43.1. The number of benzene rings is 11. The van der Waals surface area contributed by atoms with Gasteiger partial charge in [0.2, 0.25) is 0 Å². The lowest BCUT2D eigenvalue weighted by Crippen LogP contribution is -2.61. The van der Waals surface area contributed by atoms with Crippen molar-refractivity contribution >= 4 is 100 Å². The highest BCUT2D eigenvalue weighted by Gasteiger charge is 2.44. The van der Waals surface area contributed by atoms with E-state index in [0.717, 1.165) is 50.8 Å². The van der Waals surface area contributed by atoms with Gasteiger partial charge in [0.05, 0.1) is 0 Å². The van der Waals surface area contributed by atoms with E-state index in [9.17, 15) is 0 Å². The minimum absolute atomic E-state index is 0.0237. The van der Waals surface area contributed by atoms with Crippen LogP contribution in [0, 0.1) is 0 Å². The quantitative estimate of drug-likeness (QED) is 0.127. The summed E-state index contributed by atoms with van der Waals surface area (Å²) in [6.45, 7) is 13.6. The van der Waals surface area contributed by atoms with Crippen LogP contribution in [0.5, 0.6) is 0 Å². The van der Waals surface area contributed by atoms with Gasteiger partial charge >= 0.3 is 0 Å². The lowest BCUT2D eigenvalue weighted by Gasteiger charge is -2.45. The summed E-state index contributed by atoms with van der Waals surface area (Å²) in [5.74, 6) is 1.86. The molecule has 0 aliphatic carbocycles. The Morgan fingerprint density at radius 1 is 0.320 bits per heavy atom. The molecular weight excluding hydrogens is 910 g/mol. The molecule has 2 aliphatic rings. The highest BCUT2D eigenvalue weighted by atomic mass is 15.2. The third-order valence-corrected chi connectivity index (χ3v) is 15.7. The molecule has 0 atom stereocenters. The van der Waals surface area contributed by atoms with Gasteiger partial charge in [0.15, 0.2) is 17.5 Å². The Morgan fingerprint density at radius 3 is 1.11 bits per heavy atom. The minimum atomic E-state index is -0.130. The fraction of sp³-hybridized carbons (Fsp3) is 0.116. The summed E-state index contributed by atoms with van der Waals surface area (Å²) in [5, 5.41) is 9.80. The maximum atomic E-state index is 5.41. The van der Waals surface area contributed by atoms with E-state index in [0.29, 0.717) is 17.5 Å². The maximum absolute atomic E-state index is 5.41. The van der Waals surface area contributed by atoms with Gasteiger partial charge in [-0.2, -0.15) is 0 Å². The molecule has 0 saturated carbocycles. The van der Waals surface area contributed by atoms with Gasteiger partial charge in [-0.1, -0.05) is 211 Å². The second kappa shape index (κ2) is 16.8. The topological polar surface area (TPSA) is 45.2 Å². The van der Waals surface area contributed by atoms with E-state index in [1.165, 1.54) is 70.6 Å². The number of rotatable bonds is 5. The summed E-state index contributed by atoms with van der Waals surface area (Å²) in [6, 6.07) is 80.5. The minimum Gasteiger partial charge on any atom is -0.311 e. The standard InChI is InChI=1S/C69H54BN5/c1-68(2,3)50-29-33-52(34-30-50)74-60-41-56-47(27-25-43-17-13-15-23-54(43)56)37-58(60)70-59-38-48-28-26-44-18-14-16-24-55(44)57(48)42-61(59)75(53-35-31-51(32-36-53)69(4,5)6)63-40-49(39-62(74)64(63)70)67-72-65(45-19-9-7-10-20-45)71-66(73-67)46-21-11-8-12-22-46/h7-42H,1-6H3. The van der Waals surface area contributed by atoms with Crippen molar-refractivity contribution in [2.75, 3.05) is 9.80 Å². The van der Waals surface area contributed by atoms with Crippen molar-refractivity contribution in [2.24, 2.45) is 0 Å². The van der Waals surface area contributed by atoms with Crippen molar-refractivity contribution in [3.8, 4) is 34.2 Å². The number of hydrogen-bond acceptors (Lipinski definition) is 5. The first-order valence-corrected chi connectivity index (χ1v) is 26.2. The molecule has 75 heavy (non-hydrogen) atoms. The van der Waals surface area contributed by atoms with Gasteiger partial charge in [-0.3, -0.25) is 0 Å². The second-order valence-corrected chi connectivity index (χ2v) is 22.5. The highest BCUT2D eigenvalue weighted by molar-refractivity contribution is 7.00. The van der Waals surface area contributed by atoms with Crippen LogP contribution < -0.4 is 26.2 Å². The Labute approximate surface area is 438 Å². The summed E-state index contributed by atoms with van der Waals surface area (Å²) in [7, 11) is 0. The van der Waals surface area contributed by atoms with E-state index in [-0.39, 0.29) is 17.5 Å². The molecule has 12 aromatic rings. The van der Waals surface area contributed by atoms with Gasteiger partial charge in [0.1, 0.15) is 0 Å². The van der Waals surface area contributed by atoms with Crippen LogP contribution in [0.15, 0.2) is 218 Å². The Morgan fingerprint density at radius 2 is 0.693 bits per heavy atom.